The Morgan fingerprint density at radius 1 is 1.41 bits per heavy atom. The van der Waals surface area contributed by atoms with E-state index >= 15 is 0 Å². The maximum Gasteiger partial charge on any atom is 0.242 e. The highest BCUT2D eigenvalue weighted by atomic mass is 32.2. The minimum absolute atomic E-state index is 0.306. The lowest BCUT2D eigenvalue weighted by atomic mass is 10.2. The molecule has 0 aliphatic carbocycles. The smallest absolute Gasteiger partial charge is 0.242 e. The number of aromatic amines is 1. The summed E-state index contributed by atoms with van der Waals surface area (Å²) in [6, 6.07) is 6.48. The van der Waals surface area contributed by atoms with Crippen LogP contribution in [-0.2, 0) is 0 Å². The molecular formula is C11H13FN4S. The van der Waals surface area contributed by atoms with Crippen molar-refractivity contribution in [2.24, 2.45) is 0 Å². The topological polar surface area (TPSA) is 53.6 Å². The zero-order valence-electron chi connectivity index (χ0n) is 9.40. The number of benzene rings is 1. The van der Waals surface area contributed by atoms with Crippen molar-refractivity contribution in [1.29, 1.82) is 0 Å². The Hall–Kier alpha value is -1.56. The standard InChI is InChI=1S/C11H13FN4S/c1-17-7-6-13-11-14-10(15-16-11)8-4-2-3-5-9(8)12/h2-5H,6-7H2,1H3,(H2,13,14,15,16). The van der Waals surface area contributed by atoms with E-state index in [9.17, 15) is 4.39 Å². The fourth-order valence-corrected chi connectivity index (χ4v) is 1.69. The summed E-state index contributed by atoms with van der Waals surface area (Å²) in [6.07, 6.45) is 2.03. The lowest BCUT2D eigenvalue weighted by molar-refractivity contribution is 0.630. The third kappa shape index (κ3) is 2.97. The van der Waals surface area contributed by atoms with Crippen molar-refractivity contribution < 1.29 is 4.39 Å². The van der Waals surface area contributed by atoms with Gasteiger partial charge in [-0.05, 0) is 18.4 Å². The number of anilines is 1. The molecule has 1 aromatic carbocycles. The van der Waals surface area contributed by atoms with Gasteiger partial charge in [0.05, 0.1) is 5.56 Å². The molecule has 0 aliphatic heterocycles. The van der Waals surface area contributed by atoms with Crippen molar-refractivity contribution in [2.45, 2.75) is 0 Å². The van der Waals surface area contributed by atoms with Crippen LogP contribution in [0.1, 0.15) is 0 Å². The van der Waals surface area contributed by atoms with Gasteiger partial charge in [-0.1, -0.05) is 12.1 Å². The minimum atomic E-state index is -0.306. The van der Waals surface area contributed by atoms with E-state index < -0.39 is 0 Å². The third-order valence-electron chi connectivity index (χ3n) is 2.20. The quantitative estimate of drug-likeness (QED) is 0.802. The van der Waals surface area contributed by atoms with Crippen LogP contribution in [0.3, 0.4) is 0 Å². The molecule has 0 radical (unpaired) electrons. The van der Waals surface area contributed by atoms with Crippen LogP contribution in [0.25, 0.3) is 11.4 Å². The van der Waals surface area contributed by atoms with Crippen LogP contribution in [-0.4, -0.2) is 33.7 Å². The van der Waals surface area contributed by atoms with Gasteiger partial charge in [-0.25, -0.2) is 4.39 Å². The highest BCUT2D eigenvalue weighted by Gasteiger charge is 2.08. The first kappa shape index (κ1) is 11.9. The van der Waals surface area contributed by atoms with E-state index in [0.717, 1.165) is 12.3 Å². The second kappa shape index (κ2) is 5.67. The summed E-state index contributed by atoms with van der Waals surface area (Å²) in [6.45, 7) is 0.787. The van der Waals surface area contributed by atoms with E-state index in [-0.39, 0.29) is 5.82 Å². The van der Waals surface area contributed by atoms with Crippen molar-refractivity contribution in [3.8, 4) is 11.4 Å². The van der Waals surface area contributed by atoms with Gasteiger partial charge < -0.3 is 5.32 Å². The normalized spacial score (nSPS) is 10.5. The van der Waals surface area contributed by atoms with E-state index in [1.165, 1.54) is 6.07 Å². The molecule has 0 bridgehead atoms. The second-order valence-electron chi connectivity index (χ2n) is 3.41. The molecule has 0 amide bonds. The summed E-state index contributed by atoms with van der Waals surface area (Å²) >= 11 is 1.74. The molecule has 0 saturated heterocycles. The third-order valence-corrected chi connectivity index (χ3v) is 2.82. The predicted molar refractivity (Wildman–Crippen MR) is 68.6 cm³/mol. The monoisotopic (exact) mass is 252 g/mol. The maximum absolute atomic E-state index is 13.5. The van der Waals surface area contributed by atoms with Gasteiger partial charge in [-0.2, -0.15) is 16.7 Å². The number of rotatable bonds is 5. The largest absolute Gasteiger partial charge is 0.352 e. The number of hydrogen-bond acceptors (Lipinski definition) is 4. The molecule has 17 heavy (non-hydrogen) atoms. The number of aromatic nitrogens is 3. The molecule has 4 nitrogen and oxygen atoms in total. The SMILES string of the molecule is CSCCNc1n[nH]c(-c2ccccc2F)n1. The fourth-order valence-electron chi connectivity index (χ4n) is 1.38. The first-order valence-corrected chi connectivity index (χ1v) is 6.61. The molecule has 1 aromatic heterocycles. The predicted octanol–water partition coefficient (Wildman–Crippen LogP) is 2.39. The van der Waals surface area contributed by atoms with Gasteiger partial charge in [0, 0.05) is 12.3 Å². The maximum atomic E-state index is 13.5. The van der Waals surface area contributed by atoms with Crippen LogP contribution in [0, 0.1) is 5.82 Å². The number of nitrogens with zero attached hydrogens (tertiary/aromatic N) is 2. The van der Waals surface area contributed by atoms with Gasteiger partial charge in [-0.15, -0.1) is 5.10 Å². The van der Waals surface area contributed by atoms with Gasteiger partial charge in [-0.3, -0.25) is 5.10 Å². The number of nitrogens with one attached hydrogen (secondary N) is 2. The average molecular weight is 252 g/mol. The lowest BCUT2D eigenvalue weighted by Gasteiger charge is -1.98. The Kier molecular flexibility index (Phi) is 3.98. The Balaban J connectivity index is 2.10. The van der Waals surface area contributed by atoms with Gasteiger partial charge in [0.15, 0.2) is 5.82 Å². The summed E-state index contributed by atoms with van der Waals surface area (Å²) in [5.41, 5.74) is 0.429. The molecule has 6 heteroatoms. The molecular weight excluding hydrogens is 239 g/mol. The molecule has 0 spiro atoms. The zero-order valence-corrected chi connectivity index (χ0v) is 10.2. The fraction of sp³-hybridized carbons (Fsp3) is 0.273. The summed E-state index contributed by atoms with van der Waals surface area (Å²) in [5.74, 6) is 1.61. The van der Waals surface area contributed by atoms with Crippen molar-refractivity contribution in [3.05, 3.63) is 30.1 Å². The van der Waals surface area contributed by atoms with E-state index in [0.29, 0.717) is 17.3 Å². The number of thioether (sulfide) groups is 1. The van der Waals surface area contributed by atoms with E-state index in [2.05, 4.69) is 20.5 Å². The van der Waals surface area contributed by atoms with Gasteiger partial charge in [0.1, 0.15) is 5.82 Å². The summed E-state index contributed by atoms with van der Waals surface area (Å²) in [7, 11) is 0. The van der Waals surface area contributed by atoms with Crippen molar-refractivity contribution in [1.82, 2.24) is 15.2 Å². The second-order valence-corrected chi connectivity index (χ2v) is 4.39. The molecule has 0 fully saturated rings. The number of H-pyrrole nitrogens is 1. The van der Waals surface area contributed by atoms with Crippen LogP contribution in [0.15, 0.2) is 24.3 Å². The molecule has 0 aliphatic rings. The molecule has 2 aromatic rings. The molecule has 0 saturated carbocycles. The highest BCUT2D eigenvalue weighted by Crippen LogP contribution is 2.19. The van der Waals surface area contributed by atoms with Crippen molar-refractivity contribution >= 4 is 17.7 Å². The Bertz CT molecular complexity index is 486. The summed E-state index contributed by atoms with van der Waals surface area (Å²) < 4.78 is 13.5. The van der Waals surface area contributed by atoms with Crippen LogP contribution >= 0.6 is 11.8 Å². The zero-order chi connectivity index (χ0) is 12.1. The molecule has 0 unspecified atom stereocenters. The Labute approximate surface area is 103 Å². The van der Waals surface area contributed by atoms with Gasteiger partial charge in [0.25, 0.3) is 0 Å². The molecule has 0 atom stereocenters. The Morgan fingerprint density at radius 2 is 2.24 bits per heavy atom. The molecule has 1 heterocycles. The minimum Gasteiger partial charge on any atom is -0.352 e. The average Bonchev–Trinajstić information content (AvgIpc) is 2.79. The highest BCUT2D eigenvalue weighted by molar-refractivity contribution is 7.98. The molecule has 2 rings (SSSR count). The van der Waals surface area contributed by atoms with Gasteiger partial charge >= 0.3 is 0 Å². The molecule has 90 valence electrons. The number of halogens is 1. The van der Waals surface area contributed by atoms with Crippen molar-refractivity contribution in [3.63, 3.8) is 0 Å². The Morgan fingerprint density at radius 3 is 3.00 bits per heavy atom. The number of hydrogen-bond donors (Lipinski definition) is 2. The van der Waals surface area contributed by atoms with E-state index in [1.54, 1.807) is 30.0 Å². The lowest BCUT2D eigenvalue weighted by Crippen LogP contribution is -2.04. The first-order valence-electron chi connectivity index (χ1n) is 5.21. The first-order chi connectivity index (χ1) is 8.31. The van der Waals surface area contributed by atoms with E-state index in [4.69, 9.17) is 0 Å². The van der Waals surface area contributed by atoms with Crippen molar-refractivity contribution in [2.75, 3.05) is 23.9 Å². The van der Waals surface area contributed by atoms with Crippen LogP contribution in [0.4, 0.5) is 10.3 Å². The van der Waals surface area contributed by atoms with Crippen LogP contribution in [0.2, 0.25) is 0 Å². The van der Waals surface area contributed by atoms with Crippen LogP contribution in [0.5, 0.6) is 0 Å². The van der Waals surface area contributed by atoms with E-state index in [1.807, 2.05) is 6.26 Å². The van der Waals surface area contributed by atoms with Crippen LogP contribution < -0.4 is 5.32 Å². The summed E-state index contributed by atoms with van der Waals surface area (Å²) in [4.78, 5) is 4.19. The molecule has 2 N–H and O–H groups in total. The van der Waals surface area contributed by atoms with Gasteiger partial charge in [0.2, 0.25) is 5.95 Å². The summed E-state index contributed by atoms with van der Waals surface area (Å²) in [5, 5.41) is 9.76.